The number of hydrogen-bond donors (Lipinski definition) is 0. The van der Waals surface area contributed by atoms with Crippen molar-refractivity contribution in [1.82, 2.24) is 29.2 Å². The molecule has 1 aliphatic heterocycles. The lowest BCUT2D eigenvalue weighted by Crippen LogP contribution is -2.62. The lowest BCUT2D eigenvalue weighted by Gasteiger charge is -2.46. The van der Waals surface area contributed by atoms with Gasteiger partial charge in [-0.15, -0.1) is 0 Å². The van der Waals surface area contributed by atoms with Crippen LogP contribution in [0.15, 0.2) is 47.5 Å². The highest BCUT2D eigenvalue weighted by molar-refractivity contribution is 9.10. The van der Waals surface area contributed by atoms with Gasteiger partial charge < -0.3 is 19.1 Å². The van der Waals surface area contributed by atoms with E-state index >= 15 is 0 Å². The standard InChI is InChI=1S/C35H44BrClN6O3/c1-5-40-22-38-19-28(40)12-13-41(20-23-6-7-23)33(44)30-21-42(34(45)46-35(2,3)4)14-15-43(30)32-29-11-10-27(37)17-24(29)8-9-25-16-26(36)18-39-31(25)32/h10-11,16-19,22-23,30,32H,5-9,12-15,20-21H2,1-4H3/t30-,32?/m1/s1. The summed E-state index contributed by atoms with van der Waals surface area (Å²) in [7, 11) is 0. The number of hydrogen-bond acceptors (Lipinski definition) is 6. The molecule has 0 N–H and O–H groups in total. The third-order valence-electron chi connectivity index (χ3n) is 9.24. The molecule has 246 valence electrons. The number of rotatable bonds is 8. The monoisotopic (exact) mass is 710 g/mol. The van der Waals surface area contributed by atoms with Crippen molar-refractivity contribution in [2.24, 2.45) is 5.92 Å². The van der Waals surface area contributed by atoms with Crippen molar-refractivity contribution in [3.8, 4) is 0 Å². The summed E-state index contributed by atoms with van der Waals surface area (Å²) in [6.07, 6.45) is 9.84. The Bertz CT molecular complexity index is 1530. The van der Waals surface area contributed by atoms with Crippen LogP contribution in [0.3, 0.4) is 0 Å². The van der Waals surface area contributed by atoms with Crippen LogP contribution in [0.4, 0.5) is 4.79 Å². The number of carbonyl (C=O) groups is 2. The van der Waals surface area contributed by atoms with Gasteiger partial charge >= 0.3 is 6.09 Å². The summed E-state index contributed by atoms with van der Waals surface area (Å²) in [6, 6.07) is 7.37. The van der Waals surface area contributed by atoms with Crippen LogP contribution in [0.25, 0.3) is 0 Å². The summed E-state index contributed by atoms with van der Waals surface area (Å²) in [5, 5.41) is 0.696. The van der Waals surface area contributed by atoms with Gasteiger partial charge in [-0.05, 0) is 110 Å². The number of imidazole rings is 1. The number of nitrogens with zero attached hydrogens (tertiary/aromatic N) is 6. The quantitative estimate of drug-likeness (QED) is 0.273. The molecule has 46 heavy (non-hydrogen) atoms. The van der Waals surface area contributed by atoms with E-state index in [1.165, 1.54) is 0 Å². The Morgan fingerprint density at radius 2 is 1.89 bits per heavy atom. The summed E-state index contributed by atoms with van der Waals surface area (Å²) >= 11 is 10.1. The molecule has 0 radical (unpaired) electrons. The van der Waals surface area contributed by atoms with Gasteiger partial charge in [0.15, 0.2) is 0 Å². The first-order valence-corrected chi connectivity index (χ1v) is 17.6. The molecule has 2 fully saturated rings. The fraction of sp³-hybridized carbons (Fsp3) is 0.543. The number of halogens is 2. The maximum atomic E-state index is 14.9. The zero-order valence-corrected chi connectivity index (χ0v) is 29.6. The van der Waals surface area contributed by atoms with Gasteiger partial charge in [0.25, 0.3) is 0 Å². The molecular formula is C35H44BrClN6O3. The Labute approximate surface area is 285 Å². The maximum Gasteiger partial charge on any atom is 0.410 e. The zero-order valence-electron chi connectivity index (χ0n) is 27.2. The minimum Gasteiger partial charge on any atom is -0.444 e. The molecule has 0 bridgehead atoms. The Morgan fingerprint density at radius 3 is 2.63 bits per heavy atom. The largest absolute Gasteiger partial charge is 0.444 e. The fourth-order valence-corrected chi connectivity index (χ4v) is 7.34. The fourth-order valence-electron chi connectivity index (χ4n) is 6.77. The van der Waals surface area contributed by atoms with Gasteiger partial charge in [-0.1, -0.05) is 17.7 Å². The van der Waals surface area contributed by atoms with E-state index in [0.717, 1.165) is 71.2 Å². The summed E-state index contributed by atoms with van der Waals surface area (Å²) < 4.78 is 8.86. The van der Waals surface area contributed by atoms with Crippen LogP contribution in [0.1, 0.15) is 74.7 Å². The van der Waals surface area contributed by atoms with Gasteiger partial charge in [0.1, 0.15) is 11.6 Å². The molecule has 2 atom stereocenters. The molecule has 2 amide bonds. The predicted molar refractivity (Wildman–Crippen MR) is 182 cm³/mol. The molecule has 1 unspecified atom stereocenters. The SMILES string of the molecule is CCn1cncc1CCN(CC1CC1)C(=O)[C@H]1CN(C(=O)OC(C)(C)C)CCN1C1c2ccc(Cl)cc2CCc2cc(Br)cnc21. The molecule has 3 aliphatic rings. The van der Waals surface area contributed by atoms with Crippen LogP contribution >= 0.6 is 27.5 Å². The van der Waals surface area contributed by atoms with E-state index in [9.17, 15) is 9.59 Å². The van der Waals surface area contributed by atoms with Crippen molar-refractivity contribution < 1.29 is 14.3 Å². The minimum atomic E-state index is -0.635. The van der Waals surface area contributed by atoms with Crippen LogP contribution in [0.5, 0.6) is 0 Å². The van der Waals surface area contributed by atoms with Crippen molar-refractivity contribution in [2.75, 3.05) is 32.7 Å². The van der Waals surface area contributed by atoms with Gasteiger partial charge in [0.2, 0.25) is 5.91 Å². The topological polar surface area (TPSA) is 83.8 Å². The van der Waals surface area contributed by atoms with Gasteiger partial charge in [0, 0.05) is 73.3 Å². The smallest absolute Gasteiger partial charge is 0.410 e. The molecule has 2 aliphatic carbocycles. The van der Waals surface area contributed by atoms with E-state index in [4.69, 9.17) is 21.3 Å². The van der Waals surface area contributed by atoms with E-state index < -0.39 is 11.6 Å². The zero-order chi connectivity index (χ0) is 32.6. The van der Waals surface area contributed by atoms with Gasteiger partial charge in [0.05, 0.1) is 18.1 Å². The number of pyridine rings is 1. The first-order valence-electron chi connectivity index (χ1n) is 16.4. The van der Waals surface area contributed by atoms with Gasteiger partial charge in [-0.2, -0.15) is 0 Å². The summed E-state index contributed by atoms with van der Waals surface area (Å²) in [5.74, 6) is 0.556. The molecule has 11 heteroatoms. The third-order valence-corrected chi connectivity index (χ3v) is 9.91. The molecule has 9 nitrogen and oxygen atoms in total. The van der Waals surface area contributed by atoms with Crippen molar-refractivity contribution in [2.45, 2.75) is 84.0 Å². The Hall–Kier alpha value is -2.95. The molecule has 1 aromatic carbocycles. The number of aryl methyl sites for hydroxylation is 3. The first kappa shape index (κ1) is 33.0. The second-order valence-electron chi connectivity index (χ2n) is 13.8. The molecule has 2 aromatic heterocycles. The molecule has 1 saturated carbocycles. The van der Waals surface area contributed by atoms with E-state index in [2.05, 4.69) is 55.5 Å². The second-order valence-corrected chi connectivity index (χ2v) is 15.1. The number of fused-ring (bicyclic) bond motifs is 2. The average Bonchev–Trinajstić information content (AvgIpc) is 3.75. The van der Waals surface area contributed by atoms with Crippen LogP contribution < -0.4 is 0 Å². The molecule has 6 rings (SSSR count). The number of amides is 2. The second kappa shape index (κ2) is 13.6. The number of piperazine rings is 1. The number of carbonyl (C=O) groups excluding carboxylic acids is 2. The number of aromatic nitrogens is 3. The molecule has 3 aromatic rings. The van der Waals surface area contributed by atoms with E-state index in [-0.39, 0.29) is 24.6 Å². The van der Waals surface area contributed by atoms with Crippen LogP contribution in [-0.2, 0) is 35.3 Å². The highest BCUT2D eigenvalue weighted by atomic mass is 79.9. The van der Waals surface area contributed by atoms with Crippen molar-refractivity contribution in [1.29, 1.82) is 0 Å². The van der Waals surface area contributed by atoms with E-state index in [0.29, 0.717) is 37.1 Å². The Kier molecular flexibility index (Phi) is 9.78. The highest BCUT2D eigenvalue weighted by Crippen LogP contribution is 2.40. The number of ether oxygens (including phenoxy) is 1. The minimum absolute atomic E-state index is 0.0427. The summed E-state index contributed by atoms with van der Waals surface area (Å²) in [6.45, 7) is 11.1. The van der Waals surface area contributed by atoms with Crippen LogP contribution in [0.2, 0.25) is 5.02 Å². The normalized spacial score (nSPS) is 20.1. The maximum absolute atomic E-state index is 14.9. The van der Waals surface area contributed by atoms with Crippen molar-refractivity contribution >= 4 is 39.5 Å². The molecule has 3 heterocycles. The highest BCUT2D eigenvalue weighted by Gasteiger charge is 2.44. The first-order chi connectivity index (χ1) is 22.0. The number of benzene rings is 1. The Balaban J connectivity index is 1.39. The lowest BCUT2D eigenvalue weighted by atomic mass is 9.94. The van der Waals surface area contributed by atoms with Crippen LogP contribution in [0, 0.1) is 5.92 Å². The van der Waals surface area contributed by atoms with E-state index in [1.807, 2.05) is 50.5 Å². The average molecular weight is 712 g/mol. The Morgan fingerprint density at radius 1 is 1.11 bits per heavy atom. The van der Waals surface area contributed by atoms with Crippen LogP contribution in [-0.4, -0.2) is 85.6 Å². The molecular weight excluding hydrogens is 668 g/mol. The van der Waals surface area contributed by atoms with Crippen molar-refractivity contribution in [3.05, 3.63) is 80.6 Å². The molecule has 0 spiro atoms. The van der Waals surface area contributed by atoms with Crippen molar-refractivity contribution in [3.63, 3.8) is 0 Å². The summed E-state index contributed by atoms with van der Waals surface area (Å²) in [4.78, 5) is 43.7. The van der Waals surface area contributed by atoms with E-state index in [1.54, 1.807) is 4.90 Å². The lowest BCUT2D eigenvalue weighted by molar-refractivity contribution is -0.140. The van der Waals surface area contributed by atoms with Gasteiger partial charge in [-0.3, -0.25) is 14.7 Å². The van der Waals surface area contributed by atoms with Gasteiger partial charge in [-0.25, -0.2) is 9.78 Å². The molecule has 1 saturated heterocycles. The predicted octanol–water partition coefficient (Wildman–Crippen LogP) is 6.30. The third kappa shape index (κ3) is 7.44. The summed E-state index contributed by atoms with van der Waals surface area (Å²) in [5.41, 5.74) is 4.86.